The molecular formula is C17H24N4. The Hall–Kier alpha value is -1.65. The molecule has 21 heavy (non-hydrogen) atoms. The minimum absolute atomic E-state index is 0.529. The van der Waals surface area contributed by atoms with E-state index < -0.39 is 0 Å². The van der Waals surface area contributed by atoms with Gasteiger partial charge in [0.1, 0.15) is 5.82 Å². The lowest BCUT2D eigenvalue weighted by molar-refractivity contribution is 0.209. The lowest BCUT2D eigenvalue weighted by Gasteiger charge is -2.27. The molecule has 2 aromatic rings. The number of fused-ring (bicyclic) bond motifs is 1. The van der Waals surface area contributed by atoms with Crippen molar-refractivity contribution in [3.05, 3.63) is 53.6 Å². The van der Waals surface area contributed by atoms with E-state index in [9.17, 15) is 0 Å². The summed E-state index contributed by atoms with van der Waals surface area (Å²) in [7, 11) is 0. The lowest BCUT2D eigenvalue weighted by Crippen LogP contribution is -2.33. The summed E-state index contributed by atoms with van der Waals surface area (Å²) in [5.74, 6) is 1.18. The lowest BCUT2D eigenvalue weighted by atomic mass is 10.1. The molecule has 0 aliphatic carbocycles. The molecule has 0 atom stereocenters. The largest absolute Gasteiger partial charge is 0.333 e. The molecule has 1 aromatic carbocycles. The van der Waals surface area contributed by atoms with E-state index in [4.69, 9.17) is 0 Å². The van der Waals surface area contributed by atoms with Crippen LogP contribution < -0.4 is 5.32 Å². The first-order chi connectivity index (χ1) is 10.2. The van der Waals surface area contributed by atoms with Crippen molar-refractivity contribution in [1.82, 2.24) is 19.8 Å². The van der Waals surface area contributed by atoms with Crippen LogP contribution in [0.1, 0.15) is 30.8 Å². The van der Waals surface area contributed by atoms with Crippen LogP contribution in [0.5, 0.6) is 0 Å². The van der Waals surface area contributed by atoms with Gasteiger partial charge in [0.05, 0.1) is 6.54 Å². The van der Waals surface area contributed by atoms with Crippen molar-refractivity contribution < 1.29 is 0 Å². The minimum atomic E-state index is 0.529. The van der Waals surface area contributed by atoms with Gasteiger partial charge in [-0.25, -0.2) is 4.98 Å². The summed E-state index contributed by atoms with van der Waals surface area (Å²) < 4.78 is 2.25. The van der Waals surface area contributed by atoms with Crippen LogP contribution in [-0.2, 0) is 26.2 Å². The van der Waals surface area contributed by atoms with Crippen LogP contribution in [0.15, 0.2) is 36.7 Å². The van der Waals surface area contributed by atoms with Gasteiger partial charge >= 0.3 is 0 Å². The molecule has 0 radical (unpaired) electrons. The van der Waals surface area contributed by atoms with Gasteiger partial charge in [-0.05, 0) is 11.1 Å². The molecule has 0 saturated carbocycles. The van der Waals surface area contributed by atoms with Gasteiger partial charge in [-0.2, -0.15) is 0 Å². The maximum atomic E-state index is 4.42. The number of nitrogens with zero attached hydrogens (tertiary/aromatic N) is 3. The fourth-order valence-electron chi connectivity index (χ4n) is 2.70. The second-order valence-electron chi connectivity index (χ2n) is 6.10. The number of rotatable bonds is 5. The van der Waals surface area contributed by atoms with E-state index in [0.29, 0.717) is 6.04 Å². The minimum Gasteiger partial charge on any atom is -0.333 e. The summed E-state index contributed by atoms with van der Waals surface area (Å²) in [6.45, 7) is 9.39. The molecule has 4 heteroatoms. The highest BCUT2D eigenvalue weighted by Gasteiger charge is 2.16. The Morgan fingerprint density at radius 2 is 1.90 bits per heavy atom. The zero-order valence-electron chi connectivity index (χ0n) is 12.9. The average molecular weight is 284 g/mol. The first-order valence-electron chi connectivity index (χ1n) is 7.74. The van der Waals surface area contributed by atoms with E-state index >= 15 is 0 Å². The zero-order chi connectivity index (χ0) is 14.7. The van der Waals surface area contributed by atoms with E-state index in [1.807, 2.05) is 6.20 Å². The molecule has 0 bridgehead atoms. The van der Waals surface area contributed by atoms with E-state index in [0.717, 1.165) is 32.7 Å². The van der Waals surface area contributed by atoms with E-state index in [-0.39, 0.29) is 0 Å². The van der Waals surface area contributed by atoms with Crippen LogP contribution in [0.2, 0.25) is 0 Å². The van der Waals surface area contributed by atoms with E-state index in [2.05, 4.69) is 64.1 Å². The summed E-state index contributed by atoms with van der Waals surface area (Å²) in [6, 6.07) is 9.49. The van der Waals surface area contributed by atoms with Crippen molar-refractivity contribution in [2.75, 3.05) is 6.54 Å². The highest BCUT2D eigenvalue weighted by Crippen LogP contribution is 2.14. The first-order valence-corrected chi connectivity index (χ1v) is 7.74. The maximum Gasteiger partial charge on any atom is 0.122 e. The smallest absolute Gasteiger partial charge is 0.122 e. The van der Waals surface area contributed by atoms with Gasteiger partial charge in [0, 0.05) is 44.6 Å². The van der Waals surface area contributed by atoms with Gasteiger partial charge < -0.3 is 9.88 Å². The Balaban J connectivity index is 1.56. The molecule has 4 nitrogen and oxygen atoms in total. The molecule has 0 saturated heterocycles. The quantitative estimate of drug-likeness (QED) is 0.915. The topological polar surface area (TPSA) is 33.1 Å². The predicted molar refractivity (Wildman–Crippen MR) is 84.8 cm³/mol. The number of hydrogen-bond acceptors (Lipinski definition) is 3. The third-order valence-electron chi connectivity index (χ3n) is 3.97. The molecule has 0 fully saturated rings. The third-order valence-corrected chi connectivity index (χ3v) is 3.97. The van der Waals surface area contributed by atoms with Crippen LogP contribution in [0.25, 0.3) is 0 Å². The molecule has 0 spiro atoms. The second-order valence-corrected chi connectivity index (χ2v) is 6.10. The average Bonchev–Trinajstić information content (AvgIpc) is 2.94. The first kappa shape index (κ1) is 14.3. The Morgan fingerprint density at radius 3 is 2.67 bits per heavy atom. The highest BCUT2D eigenvalue weighted by molar-refractivity contribution is 5.22. The van der Waals surface area contributed by atoms with E-state index in [1.54, 1.807) is 0 Å². The van der Waals surface area contributed by atoms with Gasteiger partial charge in [-0.3, -0.25) is 4.90 Å². The fraction of sp³-hybridized carbons (Fsp3) is 0.471. The fourth-order valence-corrected chi connectivity index (χ4v) is 2.70. The summed E-state index contributed by atoms with van der Waals surface area (Å²) in [4.78, 5) is 6.88. The third kappa shape index (κ3) is 3.71. The van der Waals surface area contributed by atoms with E-state index in [1.165, 1.54) is 17.0 Å². The maximum absolute atomic E-state index is 4.42. The Labute approximate surface area is 126 Å². The Morgan fingerprint density at radius 1 is 1.14 bits per heavy atom. The number of nitrogens with one attached hydrogen (secondary N) is 1. The molecule has 112 valence electrons. The molecule has 1 aliphatic rings. The van der Waals surface area contributed by atoms with Gasteiger partial charge in [0.15, 0.2) is 0 Å². The number of aromatic nitrogens is 2. The predicted octanol–water partition coefficient (Wildman–Crippen LogP) is 2.40. The molecule has 1 aliphatic heterocycles. The zero-order valence-corrected chi connectivity index (χ0v) is 12.9. The van der Waals surface area contributed by atoms with Gasteiger partial charge in [0.2, 0.25) is 0 Å². The monoisotopic (exact) mass is 284 g/mol. The standard InChI is InChI=1S/C17H24N4/c1-14(2)19-11-15-3-5-16(6-4-15)12-20-9-10-21-8-7-18-17(21)13-20/h3-8,14,19H,9-13H2,1-2H3. The molecule has 0 amide bonds. The van der Waals surface area contributed by atoms with Crippen LogP contribution >= 0.6 is 0 Å². The molecule has 1 aromatic heterocycles. The SMILES string of the molecule is CC(C)NCc1ccc(CN2CCn3ccnc3C2)cc1. The van der Waals surface area contributed by atoms with Crippen molar-refractivity contribution in [2.24, 2.45) is 0 Å². The van der Waals surface area contributed by atoms with Crippen LogP contribution in [0, 0.1) is 0 Å². The summed E-state index contributed by atoms with van der Waals surface area (Å²) >= 11 is 0. The van der Waals surface area contributed by atoms with Crippen molar-refractivity contribution in [3.63, 3.8) is 0 Å². The van der Waals surface area contributed by atoms with Crippen LogP contribution in [0.3, 0.4) is 0 Å². The summed E-state index contributed by atoms with van der Waals surface area (Å²) in [6.07, 6.45) is 3.97. The van der Waals surface area contributed by atoms with Crippen molar-refractivity contribution >= 4 is 0 Å². The number of imidazole rings is 1. The normalized spacial score (nSPS) is 15.4. The van der Waals surface area contributed by atoms with Crippen molar-refractivity contribution in [2.45, 2.75) is 46.1 Å². The van der Waals surface area contributed by atoms with Gasteiger partial charge in [-0.15, -0.1) is 0 Å². The van der Waals surface area contributed by atoms with Crippen LogP contribution in [-0.4, -0.2) is 27.0 Å². The Kier molecular flexibility index (Phi) is 4.36. The molecular weight excluding hydrogens is 260 g/mol. The molecule has 2 heterocycles. The summed E-state index contributed by atoms with van der Waals surface area (Å²) in [5, 5.41) is 3.45. The van der Waals surface area contributed by atoms with Gasteiger partial charge in [0.25, 0.3) is 0 Å². The Bertz CT molecular complexity index is 571. The van der Waals surface area contributed by atoms with Crippen molar-refractivity contribution in [1.29, 1.82) is 0 Å². The highest BCUT2D eigenvalue weighted by atomic mass is 15.2. The molecule has 3 rings (SSSR count). The number of benzene rings is 1. The second kappa shape index (κ2) is 6.41. The van der Waals surface area contributed by atoms with Crippen LogP contribution in [0.4, 0.5) is 0 Å². The molecule has 1 N–H and O–H groups in total. The molecule has 0 unspecified atom stereocenters. The van der Waals surface area contributed by atoms with Crippen molar-refractivity contribution in [3.8, 4) is 0 Å². The van der Waals surface area contributed by atoms with Gasteiger partial charge in [-0.1, -0.05) is 38.1 Å². The summed E-state index contributed by atoms with van der Waals surface area (Å²) in [5.41, 5.74) is 2.73. The number of hydrogen-bond donors (Lipinski definition) is 1.